The maximum absolute atomic E-state index is 13.4. The molecule has 1 N–H and O–H groups in total. The minimum absolute atomic E-state index is 0.00372. The SMILES string of the molecule is COc1cc(C2C(=C(O)c3ccc4c(c3)OCCO4)C(=O)C(=O)N2CCN2CCCC2)cc2c1OCO2. The van der Waals surface area contributed by atoms with E-state index < -0.39 is 17.7 Å². The fraction of sp³-hybridized carbons (Fsp3) is 0.407. The fourth-order valence-corrected chi connectivity index (χ4v) is 5.37. The molecule has 10 nitrogen and oxygen atoms in total. The van der Waals surface area contributed by atoms with Crippen molar-refractivity contribution in [2.24, 2.45) is 0 Å². The molecule has 10 heteroatoms. The van der Waals surface area contributed by atoms with E-state index >= 15 is 0 Å². The van der Waals surface area contributed by atoms with Crippen molar-refractivity contribution in [2.45, 2.75) is 18.9 Å². The van der Waals surface area contributed by atoms with Gasteiger partial charge in [-0.1, -0.05) is 0 Å². The molecule has 1 atom stereocenters. The zero-order chi connectivity index (χ0) is 25.5. The zero-order valence-corrected chi connectivity index (χ0v) is 20.5. The Labute approximate surface area is 213 Å². The van der Waals surface area contributed by atoms with E-state index in [0.29, 0.717) is 66.2 Å². The van der Waals surface area contributed by atoms with Gasteiger partial charge in [0.15, 0.2) is 23.0 Å². The second-order valence-corrected chi connectivity index (χ2v) is 9.36. The van der Waals surface area contributed by atoms with E-state index in [0.717, 1.165) is 25.9 Å². The van der Waals surface area contributed by atoms with Crippen LogP contribution in [0.4, 0.5) is 0 Å². The molecule has 6 rings (SSSR count). The topological polar surface area (TPSA) is 107 Å². The van der Waals surface area contributed by atoms with Crippen LogP contribution in [0.25, 0.3) is 5.76 Å². The largest absolute Gasteiger partial charge is 0.507 e. The van der Waals surface area contributed by atoms with Crippen LogP contribution in [0.1, 0.15) is 30.0 Å². The second kappa shape index (κ2) is 9.51. The van der Waals surface area contributed by atoms with Gasteiger partial charge in [0.25, 0.3) is 11.7 Å². The Balaban J connectivity index is 1.45. The molecule has 2 saturated heterocycles. The zero-order valence-electron chi connectivity index (χ0n) is 20.5. The minimum Gasteiger partial charge on any atom is -0.507 e. The summed E-state index contributed by atoms with van der Waals surface area (Å²) in [5, 5.41) is 11.4. The maximum Gasteiger partial charge on any atom is 0.295 e. The van der Waals surface area contributed by atoms with Gasteiger partial charge in [0.05, 0.1) is 18.7 Å². The maximum atomic E-state index is 13.4. The summed E-state index contributed by atoms with van der Waals surface area (Å²) in [7, 11) is 1.51. The number of Topliss-reactive ketones (excluding diaryl/α,β-unsaturated/α-hetero) is 1. The summed E-state index contributed by atoms with van der Waals surface area (Å²) in [6.45, 7) is 3.76. The molecule has 4 aliphatic rings. The second-order valence-electron chi connectivity index (χ2n) is 9.36. The third-order valence-corrected chi connectivity index (χ3v) is 7.21. The first-order valence-electron chi connectivity index (χ1n) is 12.4. The first kappa shape index (κ1) is 23.5. The number of rotatable bonds is 6. The van der Waals surface area contributed by atoms with Crippen LogP contribution in [-0.4, -0.2) is 79.9 Å². The third kappa shape index (κ3) is 4.11. The van der Waals surface area contributed by atoms with Crippen LogP contribution in [0, 0.1) is 0 Å². The number of nitrogens with zero attached hydrogens (tertiary/aromatic N) is 2. The van der Waals surface area contributed by atoms with Gasteiger partial charge in [0.2, 0.25) is 12.5 Å². The number of aliphatic hydroxyl groups is 1. The number of hydrogen-bond acceptors (Lipinski definition) is 9. The van der Waals surface area contributed by atoms with Gasteiger partial charge >= 0.3 is 0 Å². The van der Waals surface area contributed by atoms with E-state index in [4.69, 9.17) is 23.7 Å². The van der Waals surface area contributed by atoms with Gasteiger partial charge in [-0.05, 0) is 61.8 Å². The summed E-state index contributed by atoms with van der Waals surface area (Å²) >= 11 is 0. The molecule has 194 valence electrons. The fourth-order valence-electron chi connectivity index (χ4n) is 5.37. The van der Waals surface area contributed by atoms with Crippen molar-refractivity contribution in [1.29, 1.82) is 0 Å². The Morgan fingerprint density at radius 3 is 2.54 bits per heavy atom. The number of hydrogen-bond donors (Lipinski definition) is 1. The quantitative estimate of drug-likeness (QED) is 0.358. The van der Waals surface area contributed by atoms with Gasteiger partial charge in [-0.2, -0.15) is 0 Å². The molecule has 2 fully saturated rings. The highest BCUT2D eigenvalue weighted by atomic mass is 16.7. The molecule has 4 aliphatic heterocycles. The molecule has 0 spiro atoms. The minimum atomic E-state index is -0.834. The van der Waals surface area contributed by atoms with Crippen LogP contribution >= 0.6 is 0 Å². The molecule has 1 unspecified atom stereocenters. The molecule has 1 amide bonds. The lowest BCUT2D eigenvalue weighted by Crippen LogP contribution is -2.37. The Morgan fingerprint density at radius 1 is 0.973 bits per heavy atom. The van der Waals surface area contributed by atoms with Crippen molar-refractivity contribution in [2.75, 3.05) is 53.3 Å². The molecule has 0 radical (unpaired) electrons. The molecule has 0 bridgehead atoms. The van der Waals surface area contributed by atoms with Crippen LogP contribution < -0.4 is 23.7 Å². The third-order valence-electron chi connectivity index (χ3n) is 7.21. The number of amides is 1. The molecule has 2 aromatic carbocycles. The van der Waals surface area contributed by atoms with Gasteiger partial charge in [-0.25, -0.2) is 0 Å². The predicted octanol–water partition coefficient (Wildman–Crippen LogP) is 2.71. The number of aliphatic hydroxyl groups excluding tert-OH is 1. The Bertz CT molecular complexity index is 1280. The number of ketones is 1. The Morgan fingerprint density at radius 2 is 1.76 bits per heavy atom. The Kier molecular flexibility index (Phi) is 6.03. The lowest BCUT2D eigenvalue weighted by molar-refractivity contribution is -0.140. The molecule has 0 aliphatic carbocycles. The normalized spacial score (nSPS) is 22.1. The molecule has 2 aromatic rings. The molecule has 0 aromatic heterocycles. The lowest BCUT2D eigenvalue weighted by Gasteiger charge is -2.28. The smallest absolute Gasteiger partial charge is 0.295 e. The van der Waals surface area contributed by atoms with Crippen molar-refractivity contribution >= 4 is 17.4 Å². The van der Waals surface area contributed by atoms with Crippen LogP contribution in [0.5, 0.6) is 28.7 Å². The summed E-state index contributed by atoms with van der Waals surface area (Å²) in [4.78, 5) is 30.6. The number of fused-ring (bicyclic) bond motifs is 2. The number of likely N-dealkylation sites (tertiary alicyclic amines) is 2. The standard InChI is InChI=1S/C27H28N2O8/c1-33-20-13-17(14-21-26(20)37-15-36-21)23-22(24(30)16-4-5-18-19(12-16)35-11-10-34-18)25(31)27(32)29(23)9-8-28-6-2-3-7-28/h4-5,12-14,23,30H,2-3,6-11,15H2,1H3. The van der Waals surface area contributed by atoms with Gasteiger partial charge in [-0.3, -0.25) is 9.59 Å². The van der Waals surface area contributed by atoms with Crippen molar-refractivity contribution in [3.63, 3.8) is 0 Å². The first-order chi connectivity index (χ1) is 18.0. The average Bonchev–Trinajstić information content (AvgIpc) is 3.67. The summed E-state index contributed by atoms with van der Waals surface area (Å²) in [5.41, 5.74) is 0.948. The number of methoxy groups -OCH3 is 1. The summed E-state index contributed by atoms with van der Waals surface area (Å²) < 4.78 is 27.9. The highest BCUT2D eigenvalue weighted by molar-refractivity contribution is 6.46. The van der Waals surface area contributed by atoms with Gasteiger partial charge in [-0.15, -0.1) is 0 Å². The van der Waals surface area contributed by atoms with Gasteiger partial charge < -0.3 is 38.6 Å². The number of ether oxygens (including phenoxy) is 5. The van der Waals surface area contributed by atoms with Crippen LogP contribution in [-0.2, 0) is 9.59 Å². The van der Waals surface area contributed by atoms with Crippen molar-refractivity contribution in [3.8, 4) is 28.7 Å². The highest BCUT2D eigenvalue weighted by Gasteiger charge is 2.47. The van der Waals surface area contributed by atoms with E-state index in [1.54, 1.807) is 30.3 Å². The summed E-state index contributed by atoms with van der Waals surface area (Å²) in [5.74, 6) is 0.710. The van der Waals surface area contributed by atoms with Crippen molar-refractivity contribution in [1.82, 2.24) is 9.80 Å². The lowest BCUT2D eigenvalue weighted by atomic mass is 9.94. The van der Waals surface area contributed by atoms with Crippen LogP contribution in [0.15, 0.2) is 35.9 Å². The average molecular weight is 509 g/mol. The summed E-state index contributed by atoms with van der Waals surface area (Å²) in [6.07, 6.45) is 2.23. The van der Waals surface area contributed by atoms with Crippen LogP contribution in [0.2, 0.25) is 0 Å². The molecule has 4 heterocycles. The summed E-state index contributed by atoms with van der Waals surface area (Å²) in [6, 6.07) is 7.59. The van der Waals surface area contributed by atoms with Gasteiger partial charge in [0.1, 0.15) is 19.0 Å². The monoisotopic (exact) mass is 508 g/mol. The van der Waals surface area contributed by atoms with E-state index in [-0.39, 0.29) is 18.1 Å². The molecule has 37 heavy (non-hydrogen) atoms. The van der Waals surface area contributed by atoms with E-state index in [1.165, 1.54) is 12.0 Å². The molecule has 0 saturated carbocycles. The van der Waals surface area contributed by atoms with E-state index in [2.05, 4.69) is 4.90 Å². The van der Waals surface area contributed by atoms with Crippen molar-refractivity contribution in [3.05, 3.63) is 47.0 Å². The number of benzene rings is 2. The van der Waals surface area contributed by atoms with Gasteiger partial charge in [0, 0.05) is 18.7 Å². The van der Waals surface area contributed by atoms with E-state index in [9.17, 15) is 14.7 Å². The highest BCUT2D eigenvalue weighted by Crippen LogP contribution is 2.47. The van der Waals surface area contributed by atoms with Crippen molar-refractivity contribution < 1.29 is 38.4 Å². The molecular weight excluding hydrogens is 480 g/mol. The molecular formula is C27H28N2O8. The number of carbonyl (C=O) groups excluding carboxylic acids is 2. The predicted molar refractivity (Wildman–Crippen MR) is 131 cm³/mol. The Hall–Kier alpha value is -3.92. The number of carbonyl (C=O) groups is 2. The van der Waals surface area contributed by atoms with Crippen LogP contribution in [0.3, 0.4) is 0 Å². The first-order valence-corrected chi connectivity index (χ1v) is 12.4. The van der Waals surface area contributed by atoms with E-state index in [1.807, 2.05) is 0 Å².